The van der Waals surface area contributed by atoms with Gasteiger partial charge in [0, 0.05) is 6.04 Å². The highest BCUT2D eigenvalue weighted by molar-refractivity contribution is 7.92. The fourth-order valence-corrected chi connectivity index (χ4v) is 3.64. The second-order valence-electron chi connectivity index (χ2n) is 5.17. The van der Waals surface area contributed by atoms with Gasteiger partial charge >= 0.3 is 0 Å². The molecule has 1 aromatic rings. The van der Waals surface area contributed by atoms with Gasteiger partial charge in [-0.1, -0.05) is 12.8 Å². The maximum Gasteiger partial charge on any atom is 0.238 e. The van der Waals surface area contributed by atoms with Gasteiger partial charge in [-0.15, -0.1) is 0 Å². The predicted molar refractivity (Wildman–Crippen MR) is 75.2 cm³/mol. The molecule has 1 aliphatic rings. The Morgan fingerprint density at radius 1 is 1.25 bits per heavy atom. The zero-order valence-electron chi connectivity index (χ0n) is 11.4. The molecule has 2 rings (SSSR count). The molecule has 1 aliphatic carbocycles. The van der Waals surface area contributed by atoms with E-state index in [0.717, 1.165) is 25.7 Å². The topological polar surface area (TPSA) is 83.5 Å². The number of aromatic hydroxyl groups is 1. The molecule has 5 nitrogen and oxygen atoms in total. The van der Waals surface area contributed by atoms with Crippen molar-refractivity contribution in [2.24, 2.45) is 0 Å². The minimum Gasteiger partial charge on any atom is -0.508 e. The van der Waals surface area contributed by atoms with Gasteiger partial charge < -0.3 is 10.4 Å². The average Bonchev–Trinajstić information content (AvgIpc) is 2.91. The van der Waals surface area contributed by atoms with Crippen molar-refractivity contribution < 1.29 is 18.3 Å². The van der Waals surface area contributed by atoms with Gasteiger partial charge in [0.15, 0.2) is 9.84 Å². The van der Waals surface area contributed by atoms with Crippen LogP contribution in [-0.4, -0.2) is 30.7 Å². The number of phenolic OH excluding ortho intramolecular Hbond substituents is 1. The number of benzene rings is 1. The van der Waals surface area contributed by atoms with Crippen molar-refractivity contribution >= 4 is 15.7 Å². The van der Waals surface area contributed by atoms with Crippen molar-refractivity contribution in [2.45, 2.75) is 48.8 Å². The quantitative estimate of drug-likeness (QED) is 0.884. The first-order valence-corrected chi connectivity index (χ1v) is 8.29. The van der Waals surface area contributed by atoms with Gasteiger partial charge in [0.25, 0.3) is 0 Å². The molecule has 1 amide bonds. The number of carbonyl (C=O) groups is 1. The number of rotatable bonds is 4. The lowest BCUT2D eigenvalue weighted by Crippen LogP contribution is -2.42. The Morgan fingerprint density at radius 3 is 2.35 bits per heavy atom. The molecule has 0 aromatic heterocycles. The van der Waals surface area contributed by atoms with Crippen LogP contribution >= 0.6 is 0 Å². The van der Waals surface area contributed by atoms with E-state index >= 15 is 0 Å². The van der Waals surface area contributed by atoms with Crippen molar-refractivity contribution in [3.05, 3.63) is 24.3 Å². The van der Waals surface area contributed by atoms with Crippen LogP contribution in [0.5, 0.6) is 5.75 Å². The van der Waals surface area contributed by atoms with E-state index in [1.165, 1.54) is 31.2 Å². The molecule has 0 heterocycles. The SMILES string of the molecule is C[C@@H](C(=O)NC1CCCC1)S(=O)(=O)c1ccc(O)cc1. The molecule has 1 saturated carbocycles. The average molecular weight is 297 g/mol. The third-order valence-electron chi connectivity index (χ3n) is 3.70. The Kier molecular flexibility index (Phi) is 4.32. The van der Waals surface area contributed by atoms with Crippen molar-refractivity contribution in [3.8, 4) is 5.75 Å². The zero-order chi connectivity index (χ0) is 14.8. The molecule has 20 heavy (non-hydrogen) atoms. The number of phenols is 1. The highest BCUT2D eigenvalue weighted by Crippen LogP contribution is 2.21. The smallest absolute Gasteiger partial charge is 0.238 e. The molecule has 1 aromatic carbocycles. The van der Waals surface area contributed by atoms with Crippen molar-refractivity contribution in [2.75, 3.05) is 0 Å². The Morgan fingerprint density at radius 2 is 1.80 bits per heavy atom. The predicted octanol–water partition coefficient (Wildman–Crippen LogP) is 1.61. The van der Waals surface area contributed by atoms with Crippen molar-refractivity contribution in [1.29, 1.82) is 0 Å². The fraction of sp³-hybridized carbons (Fsp3) is 0.500. The van der Waals surface area contributed by atoms with E-state index in [0.29, 0.717) is 0 Å². The molecule has 0 bridgehead atoms. The van der Waals surface area contributed by atoms with Crippen LogP contribution in [0.25, 0.3) is 0 Å². The summed E-state index contributed by atoms with van der Waals surface area (Å²) in [5.74, 6) is -0.461. The van der Waals surface area contributed by atoms with Crippen LogP contribution in [0.3, 0.4) is 0 Å². The first-order chi connectivity index (χ1) is 9.41. The van der Waals surface area contributed by atoms with Gasteiger partial charge in [-0.3, -0.25) is 4.79 Å². The Bertz CT molecular complexity index is 574. The lowest BCUT2D eigenvalue weighted by Gasteiger charge is -2.17. The van der Waals surface area contributed by atoms with Crippen LogP contribution in [0.2, 0.25) is 0 Å². The molecule has 0 aliphatic heterocycles. The van der Waals surface area contributed by atoms with E-state index < -0.39 is 21.0 Å². The first-order valence-electron chi connectivity index (χ1n) is 6.74. The van der Waals surface area contributed by atoms with Gasteiger partial charge in [0.1, 0.15) is 11.0 Å². The molecule has 0 unspecified atom stereocenters. The summed E-state index contributed by atoms with van der Waals surface area (Å²) < 4.78 is 24.6. The molecule has 1 fully saturated rings. The van der Waals surface area contributed by atoms with Crippen LogP contribution in [0.4, 0.5) is 0 Å². The zero-order valence-corrected chi connectivity index (χ0v) is 12.2. The lowest BCUT2D eigenvalue weighted by atomic mass is 10.2. The third-order valence-corrected chi connectivity index (χ3v) is 5.78. The summed E-state index contributed by atoms with van der Waals surface area (Å²) in [5, 5.41) is 10.9. The van der Waals surface area contributed by atoms with Crippen LogP contribution in [-0.2, 0) is 14.6 Å². The highest BCUT2D eigenvalue weighted by Gasteiger charge is 2.31. The molecule has 0 radical (unpaired) electrons. The normalized spacial score (nSPS) is 17.9. The summed E-state index contributed by atoms with van der Waals surface area (Å²) in [4.78, 5) is 12.1. The molecule has 6 heteroatoms. The van der Waals surface area contributed by atoms with Crippen LogP contribution in [0.1, 0.15) is 32.6 Å². The van der Waals surface area contributed by atoms with Gasteiger partial charge in [-0.05, 0) is 44.0 Å². The molecular formula is C14H19NO4S. The number of carbonyl (C=O) groups excluding carboxylic acids is 1. The molecule has 110 valence electrons. The van der Waals surface area contributed by atoms with Crippen molar-refractivity contribution in [3.63, 3.8) is 0 Å². The standard InChI is InChI=1S/C14H19NO4S/c1-10(14(17)15-11-4-2-3-5-11)20(18,19)13-8-6-12(16)7-9-13/h6-11,16H,2-5H2,1H3,(H,15,17)/t10-/m0/s1. The summed E-state index contributed by atoms with van der Waals surface area (Å²) >= 11 is 0. The molecule has 0 saturated heterocycles. The number of nitrogens with one attached hydrogen (secondary N) is 1. The largest absolute Gasteiger partial charge is 0.508 e. The minimum atomic E-state index is -3.72. The maximum absolute atomic E-state index is 12.3. The molecule has 1 atom stereocenters. The van der Waals surface area contributed by atoms with E-state index in [9.17, 15) is 18.3 Å². The summed E-state index contributed by atoms with van der Waals surface area (Å²) in [6.45, 7) is 1.40. The number of hydrogen-bond acceptors (Lipinski definition) is 4. The monoisotopic (exact) mass is 297 g/mol. The Balaban J connectivity index is 2.11. The summed E-state index contributed by atoms with van der Waals surface area (Å²) in [7, 11) is -3.72. The second kappa shape index (κ2) is 5.83. The number of hydrogen-bond donors (Lipinski definition) is 2. The lowest BCUT2D eigenvalue weighted by molar-refractivity contribution is -0.121. The van der Waals surface area contributed by atoms with Gasteiger partial charge in [0.05, 0.1) is 4.90 Å². The van der Waals surface area contributed by atoms with E-state index in [1.54, 1.807) is 0 Å². The molecular weight excluding hydrogens is 278 g/mol. The van der Waals surface area contributed by atoms with Gasteiger partial charge in [-0.2, -0.15) is 0 Å². The summed E-state index contributed by atoms with van der Waals surface area (Å²) in [6.07, 6.45) is 3.98. The third kappa shape index (κ3) is 3.12. The summed E-state index contributed by atoms with van der Waals surface area (Å²) in [6, 6.07) is 5.32. The Labute approximate surface area is 118 Å². The fourth-order valence-electron chi connectivity index (χ4n) is 2.37. The van der Waals surface area contributed by atoms with E-state index in [4.69, 9.17) is 0 Å². The van der Waals surface area contributed by atoms with E-state index in [2.05, 4.69) is 5.32 Å². The van der Waals surface area contributed by atoms with Gasteiger partial charge in [0.2, 0.25) is 5.91 Å². The van der Waals surface area contributed by atoms with Gasteiger partial charge in [-0.25, -0.2) is 8.42 Å². The number of sulfone groups is 1. The minimum absolute atomic E-state index is 0.00740. The van der Waals surface area contributed by atoms with Crippen molar-refractivity contribution in [1.82, 2.24) is 5.32 Å². The highest BCUT2D eigenvalue weighted by atomic mass is 32.2. The molecule has 2 N–H and O–H groups in total. The summed E-state index contributed by atoms with van der Waals surface area (Å²) in [5.41, 5.74) is 0. The van der Waals surface area contributed by atoms with Crippen LogP contribution < -0.4 is 5.32 Å². The second-order valence-corrected chi connectivity index (χ2v) is 7.44. The van der Waals surface area contributed by atoms with Crippen LogP contribution in [0, 0.1) is 0 Å². The molecule has 0 spiro atoms. The maximum atomic E-state index is 12.3. The van der Waals surface area contributed by atoms with E-state index in [-0.39, 0.29) is 16.7 Å². The van der Waals surface area contributed by atoms with Crippen LogP contribution in [0.15, 0.2) is 29.2 Å². The number of amides is 1. The van der Waals surface area contributed by atoms with E-state index in [1.807, 2.05) is 0 Å². The Hall–Kier alpha value is -1.56. The first kappa shape index (κ1) is 14.8.